The summed E-state index contributed by atoms with van der Waals surface area (Å²) in [5, 5.41) is 3.42. The molecule has 2 aliphatic heterocycles. The van der Waals surface area contributed by atoms with Crippen LogP contribution in [-0.2, 0) is 24.2 Å². The lowest BCUT2D eigenvalue weighted by Crippen LogP contribution is -2.46. The van der Waals surface area contributed by atoms with E-state index >= 15 is 0 Å². The molecule has 2 saturated heterocycles. The van der Waals surface area contributed by atoms with Gasteiger partial charge in [0.15, 0.2) is 9.84 Å². The summed E-state index contributed by atoms with van der Waals surface area (Å²) < 4.78 is 25.0. The minimum absolute atomic E-state index is 0.0256. The van der Waals surface area contributed by atoms with E-state index in [2.05, 4.69) is 5.32 Å². The molecular formula is C15H18N2O5S2. The molecule has 2 aliphatic rings. The molecule has 1 aromatic rings. The third-order valence-electron chi connectivity index (χ3n) is 4.40. The minimum atomic E-state index is -3.33. The lowest BCUT2D eigenvalue weighted by Gasteiger charge is -2.27. The van der Waals surface area contributed by atoms with E-state index in [0.29, 0.717) is 13.0 Å². The first kappa shape index (κ1) is 17.1. The van der Waals surface area contributed by atoms with Crippen LogP contribution in [0.1, 0.15) is 29.4 Å². The van der Waals surface area contributed by atoms with Crippen molar-refractivity contribution in [3.63, 3.8) is 0 Å². The van der Waals surface area contributed by atoms with Gasteiger partial charge in [0.1, 0.15) is 0 Å². The molecule has 0 aliphatic carbocycles. The van der Waals surface area contributed by atoms with Crippen LogP contribution in [0, 0.1) is 5.92 Å². The summed E-state index contributed by atoms with van der Waals surface area (Å²) in [7, 11) is -3.33. The first-order valence-electron chi connectivity index (χ1n) is 7.73. The van der Waals surface area contributed by atoms with Gasteiger partial charge in [-0.2, -0.15) is 0 Å². The Labute approximate surface area is 143 Å². The number of nitrogens with zero attached hydrogens (tertiary/aromatic N) is 1. The van der Waals surface area contributed by atoms with Gasteiger partial charge in [-0.1, -0.05) is 6.07 Å². The molecule has 2 fully saturated rings. The largest absolute Gasteiger partial charge is 0.341 e. The second-order valence-electron chi connectivity index (χ2n) is 6.06. The maximum atomic E-state index is 12.6. The average Bonchev–Trinajstić information content (AvgIpc) is 2.97. The Hall–Kier alpha value is -1.74. The molecule has 0 bridgehead atoms. The summed E-state index contributed by atoms with van der Waals surface area (Å²) in [6, 6.07) is 3.62. The van der Waals surface area contributed by atoms with Gasteiger partial charge in [-0.15, -0.1) is 11.3 Å². The molecule has 0 radical (unpaired) electrons. The average molecular weight is 370 g/mol. The zero-order chi connectivity index (χ0) is 17.3. The maximum Gasteiger partial charge on any atom is 0.227 e. The van der Waals surface area contributed by atoms with Crippen molar-refractivity contribution in [2.24, 2.45) is 5.92 Å². The Morgan fingerprint density at radius 3 is 2.54 bits per heavy atom. The number of sulfone groups is 1. The van der Waals surface area contributed by atoms with Gasteiger partial charge in [0, 0.05) is 30.8 Å². The highest BCUT2D eigenvalue weighted by molar-refractivity contribution is 7.91. The van der Waals surface area contributed by atoms with Crippen molar-refractivity contribution in [2.75, 3.05) is 18.8 Å². The summed E-state index contributed by atoms with van der Waals surface area (Å²) in [4.78, 5) is 37.8. The molecule has 7 nitrogen and oxygen atoms in total. The SMILES string of the molecule is O=C1CC(C(=O)N2CCC(c3cccs3)S(=O)(=O)CC2)CC(=O)N1. The molecule has 3 heterocycles. The molecule has 0 spiro atoms. The highest BCUT2D eigenvalue weighted by atomic mass is 32.2. The Morgan fingerprint density at radius 1 is 1.21 bits per heavy atom. The monoisotopic (exact) mass is 370 g/mol. The Kier molecular flexibility index (Phi) is 4.73. The van der Waals surface area contributed by atoms with Gasteiger partial charge in [0.05, 0.1) is 16.9 Å². The number of thiophene rings is 1. The van der Waals surface area contributed by atoms with Gasteiger partial charge in [-0.25, -0.2) is 8.42 Å². The fourth-order valence-corrected chi connectivity index (χ4v) is 6.17. The molecule has 3 rings (SSSR count). The summed E-state index contributed by atoms with van der Waals surface area (Å²) in [6.45, 7) is 0.419. The maximum absolute atomic E-state index is 12.6. The first-order valence-corrected chi connectivity index (χ1v) is 10.3. The number of nitrogens with one attached hydrogen (secondary N) is 1. The van der Waals surface area contributed by atoms with Crippen molar-refractivity contribution in [3.05, 3.63) is 22.4 Å². The van der Waals surface area contributed by atoms with E-state index in [0.717, 1.165) is 4.88 Å². The van der Waals surface area contributed by atoms with Crippen LogP contribution < -0.4 is 5.32 Å². The van der Waals surface area contributed by atoms with E-state index in [-0.39, 0.29) is 31.0 Å². The molecule has 1 aromatic heterocycles. The fourth-order valence-electron chi connectivity index (χ4n) is 3.17. The number of hydrogen-bond donors (Lipinski definition) is 1. The van der Waals surface area contributed by atoms with E-state index in [9.17, 15) is 22.8 Å². The van der Waals surface area contributed by atoms with Gasteiger partial charge >= 0.3 is 0 Å². The van der Waals surface area contributed by atoms with Crippen LogP contribution >= 0.6 is 11.3 Å². The highest BCUT2D eigenvalue weighted by Gasteiger charge is 2.37. The van der Waals surface area contributed by atoms with Gasteiger partial charge in [-0.3, -0.25) is 19.7 Å². The molecule has 3 amide bonds. The molecule has 9 heteroatoms. The van der Waals surface area contributed by atoms with Crippen LogP contribution in [0.3, 0.4) is 0 Å². The van der Waals surface area contributed by atoms with E-state index in [1.807, 2.05) is 11.4 Å². The number of hydrogen-bond acceptors (Lipinski definition) is 6. The molecule has 0 saturated carbocycles. The van der Waals surface area contributed by atoms with E-state index < -0.39 is 32.8 Å². The molecule has 24 heavy (non-hydrogen) atoms. The highest BCUT2D eigenvalue weighted by Crippen LogP contribution is 2.33. The van der Waals surface area contributed by atoms with Crippen LogP contribution in [0.25, 0.3) is 0 Å². The zero-order valence-corrected chi connectivity index (χ0v) is 14.6. The Balaban J connectivity index is 1.74. The van der Waals surface area contributed by atoms with E-state index in [4.69, 9.17) is 0 Å². The lowest BCUT2D eigenvalue weighted by molar-refractivity contribution is -0.145. The summed E-state index contributed by atoms with van der Waals surface area (Å²) in [6.07, 6.45) is 0.284. The quantitative estimate of drug-likeness (QED) is 0.764. The number of carbonyl (C=O) groups is 3. The first-order chi connectivity index (χ1) is 11.4. The summed E-state index contributed by atoms with van der Waals surface area (Å²) in [5.41, 5.74) is 0. The third-order valence-corrected chi connectivity index (χ3v) is 7.65. The molecule has 1 N–H and O–H groups in total. The predicted octanol–water partition coefficient (Wildman–Crippen LogP) is 0.489. The topological polar surface area (TPSA) is 101 Å². The molecule has 1 unspecified atom stereocenters. The Morgan fingerprint density at radius 2 is 1.92 bits per heavy atom. The van der Waals surface area contributed by atoms with E-state index in [1.165, 1.54) is 16.2 Å². The van der Waals surface area contributed by atoms with Crippen LogP contribution in [0.4, 0.5) is 0 Å². The summed E-state index contributed by atoms with van der Waals surface area (Å²) >= 11 is 1.40. The van der Waals surface area contributed by atoms with Crippen molar-refractivity contribution < 1.29 is 22.8 Å². The second-order valence-corrected chi connectivity index (χ2v) is 9.34. The number of amides is 3. The van der Waals surface area contributed by atoms with Crippen LogP contribution in [0.5, 0.6) is 0 Å². The van der Waals surface area contributed by atoms with Crippen LogP contribution in [0.15, 0.2) is 17.5 Å². The van der Waals surface area contributed by atoms with Crippen molar-refractivity contribution in [1.29, 1.82) is 0 Å². The van der Waals surface area contributed by atoms with Crippen molar-refractivity contribution in [2.45, 2.75) is 24.5 Å². The molecule has 1 atom stereocenters. The third kappa shape index (κ3) is 3.51. The fraction of sp³-hybridized carbons (Fsp3) is 0.533. The molecule has 0 aromatic carbocycles. The molecular weight excluding hydrogens is 352 g/mol. The molecule has 130 valence electrons. The minimum Gasteiger partial charge on any atom is -0.341 e. The Bertz CT molecular complexity index is 741. The number of piperidine rings is 1. The standard InChI is InChI=1S/C15H18N2O5S2/c18-13-8-10(9-14(19)16-13)15(20)17-4-3-12(11-2-1-6-23-11)24(21,22)7-5-17/h1-2,6,10,12H,3-5,7-9H2,(H,16,18,19). The number of rotatable bonds is 2. The zero-order valence-electron chi connectivity index (χ0n) is 12.9. The number of carbonyl (C=O) groups excluding carboxylic acids is 3. The van der Waals surface area contributed by atoms with Crippen LogP contribution in [0.2, 0.25) is 0 Å². The van der Waals surface area contributed by atoms with Crippen LogP contribution in [-0.4, -0.2) is 49.9 Å². The number of imide groups is 1. The lowest BCUT2D eigenvalue weighted by atomic mass is 9.95. The van der Waals surface area contributed by atoms with Crippen molar-refractivity contribution in [1.82, 2.24) is 10.2 Å². The second kappa shape index (κ2) is 6.64. The van der Waals surface area contributed by atoms with Gasteiger partial charge in [-0.05, 0) is 17.9 Å². The summed E-state index contributed by atoms with van der Waals surface area (Å²) in [5.74, 6) is -2.01. The van der Waals surface area contributed by atoms with Gasteiger partial charge in [0.25, 0.3) is 0 Å². The van der Waals surface area contributed by atoms with E-state index in [1.54, 1.807) is 6.07 Å². The van der Waals surface area contributed by atoms with Crippen molar-refractivity contribution >= 4 is 38.9 Å². The van der Waals surface area contributed by atoms with Gasteiger partial charge < -0.3 is 4.90 Å². The predicted molar refractivity (Wildman–Crippen MR) is 87.9 cm³/mol. The normalized spacial score (nSPS) is 25.2. The van der Waals surface area contributed by atoms with Crippen molar-refractivity contribution in [3.8, 4) is 0 Å². The van der Waals surface area contributed by atoms with Gasteiger partial charge in [0.2, 0.25) is 17.7 Å². The smallest absolute Gasteiger partial charge is 0.227 e.